The van der Waals surface area contributed by atoms with Gasteiger partial charge in [-0.05, 0) is 61.1 Å². The molecule has 0 saturated heterocycles. The summed E-state index contributed by atoms with van der Waals surface area (Å²) in [7, 11) is 0. The van der Waals surface area contributed by atoms with Crippen molar-refractivity contribution in [2.75, 3.05) is 11.9 Å². The van der Waals surface area contributed by atoms with Crippen molar-refractivity contribution in [3.8, 4) is 0 Å². The highest BCUT2D eigenvalue weighted by Gasteiger charge is 2.16. The summed E-state index contributed by atoms with van der Waals surface area (Å²) < 4.78 is 4.97. The van der Waals surface area contributed by atoms with E-state index in [1.54, 1.807) is 25.1 Å². The van der Waals surface area contributed by atoms with Crippen LogP contribution in [0, 0.1) is 6.92 Å². The van der Waals surface area contributed by atoms with Crippen LogP contribution in [0.2, 0.25) is 5.02 Å². The third-order valence-electron chi connectivity index (χ3n) is 4.88. The summed E-state index contributed by atoms with van der Waals surface area (Å²) in [6.07, 6.45) is 3.19. The van der Waals surface area contributed by atoms with Gasteiger partial charge in [0.1, 0.15) is 0 Å². The van der Waals surface area contributed by atoms with Crippen LogP contribution >= 0.6 is 11.6 Å². The molecule has 6 heteroatoms. The van der Waals surface area contributed by atoms with E-state index in [2.05, 4.69) is 5.32 Å². The maximum atomic E-state index is 12.3. The number of aryl methyl sites for hydroxylation is 2. The second kappa shape index (κ2) is 9.02. The van der Waals surface area contributed by atoms with Crippen molar-refractivity contribution in [3.05, 3.63) is 63.7 Å². The first-order chi connectivity index (χ1) is 13.4. The van der Waals surface area contributed by atoms with Crippen LogP contribution in [-0.4, -0.2) is 24.3 Å². The number of anilines is 1. The number of benzene rings is 2. The number of carbonyl (C=O) groups excluding carboxylic acids is 3. The molecule has 0 radical (unpaired) electrons. The van der Waals surface area contributed by atoms with Gasteiger partial charge in [0.05, 0.1) is 6.42 Å². The minimum Gasteiger partial charge on any atom is -0.456 e. The lowest BCUT2D eigenvalue weighted by Crippen LogP contribution is -2.21. The molecule has 0 fully saturated rings. The zero-order chi connectivity index (χ0) is 20.1. The fourth-order valence-corrected chi connectivity index (χ4v) is 3.43. The minimum atomic E-state index is -0.576. The molecule has 1 amide bonds. The van der Waals surface area contributed by atoms with Crippen molar-refractivity contribution < 1.29 is 19.1 Å². The third-order valence-corrected chi connectivity index (χ3v) is 5.29. The molecule has 0 bridgehead atoms. The summed E-state index contributed by atoms with van der Waals surface area (Å²) >= 11 is 6.01. The van der Waals surface area contributed by atoms with E-state index in [0.717, 1.165) is 24.8 Å². The van der Waals surface area contributed by atoms with Gasteiger partial charge in [0.2, 0.25) is 0 Å². The molecule has 0 heterocycles. The Balaban J connectivity index is 1.43. The maximum absolute atomic E-state index is 12.3. The second-order valence-corrected chi connectivity index (χ2v) is 7.29. The Labute approximate surface area is 169 Å². The average molecular weight is 400 g/mol. The van der Waals surface area contributed by atoms with Crippen LogP contribution < -0.4 is 5.32 Å². The highest BCUT2D eigenvalue weighted by atomic mass is 35.5. The molecule has 0 aliphatic heterocycles. The average Bonchev–Trinajstić information content (AvgIpc) is 3.16. The summed E-state index contributed by atoms with van der Waals surface area (Å²) in [5.41, 5.74) is 4.46. The largest absolute Gasteiger partial charge is 0.456 e. The lowest BCUT2D eigenvalue weighted by Gasteiger charge is -2.10. The van der Waals surface area contributed by atoms with Crippen molar-refractivity contribution in [1.29, 1.82) is 0 Å². The second-order valence-electron chi connectivity index (χ2n) is 6.88. The topological polar surface area (TPSA) is 72.5 Å². The Morgan fingerprint density at radius 2 is 1.86 bits per heavy atom. The summed E-state index contributed by atoms with van der Waals surface area (Å²) in [6, 6.07) is 10.9. The molecule has 0 saturated carbocycles. The number of ether oxygens (including phenoxy) is 1. The van der Waals surface area contributed by atoms with Gasteiger partial charge in [0.25, 0.3) is 5.91 Å². The van der Waals surface area contributed by atoms with Gasteiger partial charge in [-0.1, -0.05) is 29.8 Å². The number of halogens is 1. The van der Waals surface area contributed by atoms with E-state index < -0.39 is 18.5 Å². The molecule has 1 N–H and O–H groups in total. The van der Waals surface area contributed by atoms with E-state index in [-0.39, 0.29) is 18.6 Å². The Morgan fingerprint density at radius 1 is 1.07 bits per heavy atom. The Bertz CT molecular complexity index is 923. The normalized spacial score (nSPS) is 12.4. The van der Waals surface area contributed by atoms with Crippen molar-refractivity contribution >= 4 is 34.9 Å². The first-order valence-corrected chi connectivity index (χ1v) is 9.67. The number of carbonyl (C=O) groups is 3. The summed E-state index contributed by atoms with van der Waals surface area (Å²) in [5, 5.41) is 3.19. The fraction of sp³-hybridized carbons (Fsp3) is 0.318. The zero-order valence-electron chi connectivity index (χ0n) is 15.7. The Kier molecular flexibility index (Phi) is 6.47. The van der Waals surface area contributed by atoms with E-state index >= 15 is 0 Å². The predicted molar refractivity (Wildman–Crippen MR) is 108 cm³/mol. The van der Waals surface area contributed by atoms with Gasteiger partial charge in [-0.25, -0.2) is 0 Å². The van der Waals surface area contributed by atoms with E-state index in [1.807, 2.05) is 18.2 Å². The summed E-state index contributed by atoms with van der Waals surface area (Å²) in [4.78, 5) is 36.1. The van der Waals surface area contributed by atoms with Crippen molar-refractivity contribution in [1.82, 2.24) is 0 Å². The zero-order valence-corrected chi connectivity index (χ0v) is 16.5. The minimum absolute atomic E-state index is 0.0562. The number of amides is 1. The molecule has 0 spiro atoms. The van der Waals surface area contributed by atoms with Gasteiger partial charge >= 0.3 is 5.97 Å². The summed E-state index contributed by atoms with van der Waals surface area (Å²) in [5.74, 6) is -1.12. The number of hydrogen-bond acceptors (Lipinski definition) is 4. The number of hydrogen-bond donors (Lipinski definition) is 1. The van der Waals surface area contributed by atoms with E-state index in [9.17, 15) is 14.4 Å². The lowest BCUT2D eigenvalue weighted by molar-refractivity contribution is -0.147. The van der Waals surface area contributed by atoms with Gasteiger partial charge in [0.15, 0.2) is 12.4 Å². The van der Waals surface area contributed by atoms with Crippen LogP contribution in [0.5, 0.6) is 0 Å². The van der Waals surface area contributed by atoms with Crippen LogP contribution in [0.1, 0.15) is 46.3 Å². The Hall–Kier alpha value is -2.66. The molecule has 0 aromatic heterocycles. The number of nitrogens with one attached hydrogen (secondary N) is 1. The highest BCUT2D eigenvalue weighted by Crippen LogP contribution is 2.24. The molecule has 1 aliphatic carbocycles. The number of fused-ring (bicyclic) bond motifs is 1. The monoisotopic (exact) mass is 399 g/mol. The Morgan fingerprint density at radius 3 is 2.68 bits per heavy atom. The van der Waals surface area contributed by atoms with Crippen LogP contribution in [0.4, 0.5) is 5.69 Å². The number of esters is 1. The van der Waals surface area contributed by atoms with Crippen molar-refractivity contribution in [2.45, 2.75) is 39.0 Å². The van der Waals surface area contributed by atoms with E-state index in [1.165, 1.54) is 11.1 Å². The molecule has 0 atom stereocenters. The quantitative estimate of drug-likeness (QED) is 0.557. The number of rotatable bonds is 7. The molecule has 3 rings (SSSR count). The smallest absolute Gasteiger partial charge is 0.306 e. The molecule has 0 unspecified atom stereocenters. The maximum Gasteiger partial charge on any atom is 0.306 e. The molecule has 146 valence electrons. The standard InChI is InChI=1S/C22H22ClNO4/c1-14-18(23)6-3-7-19(14)24-21(26)13-28-22(27)11-10-20(25)17-9-8-15-4-2-5-16(15)12-17/h3,6-9,12H,2,4-5,10-11,13H2,1H3,(H,24,26). The first-order valence-electron chi connectivity index (χ1n) is 9.29. The molecule has 5 nitrogen and oxygen atoms in total. The third kappa shape index (κ3) is 4.98. The van der Waals surface area contributed by atoms with Crippen LogP contribution in [0.15, 0.2) is 36.4 Å². The first kappa shape index (κ1) is 20.1. The fourth-order valence-electron chi connectivity index (χ4n) is 3.25. The van der Waals surface area contributed by atoms with E-state index in [4.69, 9.17) is 16.3 Å². The van der Waals surface area contributed by atoms with Gasteiger partial charge < -0.3 is 10.1 Å². The molecule has 28 heavy (non-hydrogen) atoms. The molecular formula is C22H22ClNO4. The summed E-state index contributed by atoms with van der Waals surface area (Å²) in [6.45, 7) is 1.38. The van der Waals surface area contributed by atoms with Gasteiger partial charge in [-0.2, -0.15) is 0 Å². The number of Topliss-reactive ketones (excluding diaryl/α,β-unsaturated/α-hetero) is 1. The number of ketones is 1. The predicted octanol–water partition coefficient (Wildman–Crippen LogP) is 4.28. The van der Waals surface area contributed by atoms with Crippen molar-refractivity contribution in [3.63, 3.8) is 0 Å². The SMILES string of the molecule is Cc1c(Cl)cccc1NC(=O)COC(=O)CCC(=O)c1ccc2c(c1)CCC2. The van der Waals surface area contributed by atoms with Crippen LogP contribution in [-0.2, 0) is 27.2 Å². The van der Waals surface area contributed by atoms with Gasteiger partial charge in [0, 0.05) is 22.7 Å². The van der Waals surface area contributed by atoms with Gasteiger partial charge in [-0.15, -0.1) is 0 Å². The van der Waals surface area contributed by atoms with Crippen LogP contribution in [0.25, 0.3) is 0 Å². The molecular weight excluding hydrogens is 378 g/mol. The lowest BCUT2D eigenvalue weighted by atomic mass is 10.0. The van der Waals surface area contributed by atoms with Gasteiger partial charge in [-0.3, -0.25) is 14.4 Å². The molecule has 1 aliphatic rings. The highest BCUT2D eigenvalue weighted by molar-refractivity contribution is 6.31. The molecule has 2 aromatic rings. The van der Waals surface area contributed by atoms with Crippen LogP contribution in [0.3, 0.4) is 0 Å². The van der Waals surface area contributed by atoms with E-state index in [0.29, 0.717) is 16.3 Å². The molecule has 2 aromatic carbocycles. The van der Waals surface area contributed by atoms with Crippen molar-refractivity contribution in [2.24, 2.45) is 0 Å².